The molecule has 0 aliphatic heterocycles. The molecule has 0 fully saturated rings. The maximum absolute atomic E-state index is 13.8. The Morgan fingerprint density at radius 3 is 2.52 bits per heavy atom. The molecule has 6 heteroatoms. The monoisotopic (exact) mass is 300 g/mol. The summed E-state index contributed by atoms with van der Waals surface area (Å²) in [6, 6.07) is 16.3. The molecular weight excluding hydrogens is 287 g/mol. The molecule has 1 aromatic heterocycles. The SMILES string of the molecule is Nc1c(-c2ccccc2F)nnn1CSc1ccccc1. The molecule has 0 bridgehead atoms. The van der Waals surface area contributed by atoms with Gasteiger partial charge in [-0.3, -0.25) is 0 Å². The first-order valence-corrected chi connectivity index (χ1v) is 7.36. The molecule has 0 aliphatic rings. The van der Waals surface area contributed by atoms with Crippen molar-refractivity contribution < 1.29 is 4.39 Å². The zero-order chi connectivity index (χ0) is 14.7. The number of rotatable bonds is 4. The van der Waals surface area contributed by atoms with Crippen LogP contribution in [0.2, 0.25) is 0 Å². The highest BCUT2D eigenvalue weighted by molar-refractivity contribution is 7.98. The van der Waals surface area contributed by atoms with E-state index < -0.39 is 0 Å². The minimum atomic E-state index is -0.355. The average molecular weight is 300 g/mol. The van der Waals surface area contributed by atoms with E-state index in [0.717, 1.165) is 4.90 Å². The van der Waals surface area contributed by atoms with E-state index in [-0.39, 0.29) is 5.82 Å². The van der Waals surface area contributed by atoms with Gasteiger partial charge in [-0.1, -0.05) is 35.5 Å². The number of nitrogen functional groups attached to an aromatic ring is 1. The Kier molecular flexibility index (Phi) is 3.87. The normalized spacial score (nSPS) is 10.7. The molecule has 0 radical (unpaired) electrons. The van der Waals surface area contributed by atoms with E-state index in [1.165, 1.54) is 6.07 Å². The summed E-state index contributed by atoms with van der Waals surface area (Å²) in [5, 5.41) is 8.00. The molecule has 2 N–H and O–H groups in total. The van der Waals surface area contributed by atoms with Crippen molar-refractivity contribution in [1.29, 1.82) is 0 Å². The summed E-state index contributed by atoms with van der Waals surface area (Å²) in [6.45, 7) is 0. The van der Waals surface area contributed by atoms with E-state index in [4.69, 9.17) is 5.73 Å². The van der Waals surface area contributed by atoms with Gasteiger partial charge in [0.2, 0.25) is 0 Å². The minimum Gasteiger partial charge on any atom is -0.382 e. The predicted octanol–water partition coefficient (Wildman–Crippen LogP) is 3.42. The van der Waals surface area contributed by atoms with Gasteiger partial charge in [0.25, 0.3) is 0 Å². The molecule has 3 aromatic rings. The van der Waals surface area contributed by atoms with Gasteiger partial charge >= 0.3 is 0 Å². The molecule has 1 heterocycles. The molecule has 4 nitrogen and oxygen atoms in total. The van der Waals surface area contributed by atoms with Crippen LogP contribution in [-0.4, -0.2) is 15.0 Å². The number of hydrogen-bond donors (Lipinski definition) is 1. The number of aromatic nitrogens is 3. The molecule has 0 aliphatic carbocycles. The Morgan fingerprint density at radius 1 is 1.05 bits per heavy atom. The molecule has 0 unspecified atom stereocenters. The summed E-state index contributed by atoms with van der Waals surface area (Å²) in [4.78, 5) is 1.11. The van der Waals surface area contributed by atoms with Crippen LogP contribution in [0.3, 0.4) is 0 Å². The van der Waals surface area contributed by atoms with Crippen LogP contribution in [0.4, 0.5) is 10.2 Å². The van der Waals surface area contributed by atoms with Gasteiger partial charge in [-0.05, 0) is 24.3 Å². The summed E-state index contributed by atoms with van der Waals surface area (Å²) in [5.74, 6) is 0.535. The summed E-state index contributed by atoms with van der Waals surface area (Å²) >= 11 is 1.59. The molecule has 0 amide bonds. The van der Waals surface area contributed by atoms with Crippen molar-refractivity contribution in [1.82, 2.24) is 15.0 Å². The quantitative estimate of drug-likeness (QED) is 0.750. The van der Waals surface area contributed by atoms with E-state index in [9.17, 15) is 4.39 Å². The van der Waals surface area contributed by atoms with E-state index in [1.54, 1.807) is 34.6 Å². The topological polar surface area (TPSA) is 56.7 Å². The first-order chi connectivity index (χ1) is 10.3. The third-order valence-corrected chi connectivity index (χ3v) is 3.98. The minimum absolute atomic E-state index is 0.355. The second kappa shape index (κ2) is 5.97. The Labute approximate surface area is 125 Å². The van der Waals surface area contributed by atoms with Gasteiger partial charge in [-0.15, -0.1) is 16.9 Å². The average Bonchev–Trinajstić information content (AvgIpc) is 2.88. The van der Waals surface area contributed by atoms with Crippen LogP contribution < -0.4 is 5.73 Å². The molecule has 106 valence electrons. The lowest BCUT2D eigenvalue weighted by molar-refractivity contribution is 0.630. The zero-order valence-corrected chi connectivity index (χ0v) is 11.9. The lowest BCUT2D eigenvalue weighted by atomic mass is 10.1. The Bertz CT molecular complexity index is 742. The Hall–Kier alpha value is -2.34. The van der Waals surface area contributed by atoms with Gasteiger partial charge in [0.05, 0.1) is 5.88 Å². The van der Waals surface area contributed by atoms with Crippen molar-refractivity contribution in [2.75, 3.05) is 5.73 Å². The molecule has 2 aromatic carbocycles. The van der Waals surface area contributed by atoms with E-state index in [1.807, 2.05) is 30.3 Å². The van der Waals surface area contributed by atoms with Crippen molar-refractivity contribution in [2.45, 2.75) is 10.8 Å². The second-order valence-corrected chi connectivity index (χ2v) is 5.41. The highest BCUT2D eigenvalue weighted by Gasteiger charge is 2.14. The maximum atomic E-state index is 13.8. The van der Waals surface area contributed by atoms with Crippen molar-refractivity contribution in [3.63, 3.8) is 0 Å². The van der Waals surface area contributed by atoms with Crippen molar-refractivity contribution >= 4 is 17.6 Å². The third-order valence-electron chi connectivity index (χ3n) is 3.00. The van der Waals surface area contributed by atoms with Crippen molar-refractivity contribution in [3.8, 4) is 11.3 Å². The van der Waals surface area contributed by atoms with Gasteiger partial charge in [-0.25, -0.2) is 9.07 Å². The number of halogens is 1. The summed E-state index contributed by atoms with van der Waals surface area (Å²) in [6.07, 6.45) is 0. The lowest BCUT2D eigenvalue weighted by Crippen LogP contribution is -2.03. The van der Waals surface area contributed by atoms with E-state index in [2.05, 4.69) is 10.3 Å². The van der Waals surface area contributed by atoms with Crippen LogP contribution in [0.1, 0.15) is 0 Å². The second-order valence-electron chi connectivity index (χ2n) is 4.39. The van der Waals surface area contributed by atoms with E-state index >= 15 is 0 Å². The number of nitrogens with zero attached hydrogens (tertiary/aromatic N) is 3. The van der Waals surface area contributed by atoms with Crippen LogP contribution in [0.15, 0.2) is 59.5 Å². The fourth-order valence-electron chi connectivity index (χ4n) is 1.91. The fourth-order valence-corrected chi connectivity index (χ4v) is 2.72. The number of thioether (sulfide) groups is 1. The number of hydrogen-bond acceptors (Lipinski definition) is 4. The number of anilines is 1. The van der Waals surface area contributed by atoms with Crippen LogP contribution in [0.5, 0.6) is 0 Å². The largest absolute Gasteiger partial charge is 0.382 e. The zero-order valence-electron chi connectivity index (χ0n) is 11.1. The highest BCUT2D eigenvalue weighted by Crippen LogP contribution is 2.27. The standard InChI is InChI=1S/C15H13FN4S/c16-13-9-5-4-8-12(13)14-15(17)20(19-18-14)10-21-11-6-2-1-3-7-11/h1-9H,10,17H2. The van der Waals surface area contributed by atoms with Crippen molar-refractivity contribution in [3.05, 3.63) is 60.4 Å². The molecule has 0 saturated heterocycles. The number of nitrogens with two attached hydrogens (primary N) is 1. The number of benzene rings is 2. The smallest absolute Gasteiger partial charge is 0.151 e. The van der Waals surface area contributed by atoms with Crippen LogP contribution >= 0.6 is 11.8 Å². The molecule has 0 saturated carbocycles. The first kappa shape index (κ1) is 13.6. The van der Waals surface area contributed by atoms with Gasteiger partial charge < -0.3 is 5.73 Å². The van der Waals surface area contributed by atoms with E-state index in [0.29, 0.717) is 23.0 Å². The Morgan fingerprint density at radius 2 is 1.76 bits per heavy atom. The van der Waals surface area contributed by atoms with Crippen LogP contribution in [-0.2, 0) is 5.88 Å². The fraction of sp³-hybridized carbons (Fsp3) is 0.0667. The van der Waals surface area contributed by atoms with Crippen LogP contribution in [0, 0.1) is 5.82 Å². The van der Waals surface area contributed by atoms with Gasteiger partial charge in [0.1, 0.15) is 11.5 Å². The van der Waals surface area contributed by atoms with Gasteiger partial charge in [0.15, 0.2) is 5.82 Å². The third kappa shape index (κ3) is 2.90. The molecule has 3 rings (SSSR count). The maximum Gasteiger partial charge on any atom is 0.151 e. The summed E-state index contributed by atoms with van der Waals surface area (Å²) < 4.78 is 15.3. The molecule has 0 spiro atoms. The van der Waals surface area contributed by atoms with Crippen molar-refractivity contribution in [2.24, 2.45) is 0 Å². The predicted molar refractivity (Wildman–Crippen MR) is 82.1 cm³/mol. The molecule has 0 atom stereocenters. The highest BCUT2D eigenvalue weighted by atomic mass is 32.2. The lowest BCUT2D eigenvalue weighted by Gasteiger charge is -2.04. The van der Waals surface area contributed by atoms with Gasteiger partial charge in [-0.2, -0.15) is 0 Å². The summed E-state index contributed by atoms with van der Waals surface area (Å²) in [7, 11) is 0. The van der Waals surface area contributed by atoms with Gasteiger partial charge in [0, 0.05) is 10.5 Å². The molecular formula is C15H13FN4S. The first-order valence-electron chi connectivity index (χ1n) is 6.37. The van der Waals surface area contributed by atoms with Crippen LogP contribution in [0.25, 0.3) is 11.3 Å². The Balaban J connectivity index is 1.82. The summed E-state index contributed by atoms with van der Waals surface area (Å²) in [5.41, 5.74) is 6.77. The molecule has 21 heavy (non-hydrogen) atoms.